The van der Waals surface area contributed by atoms with Gasteiger partial charge in [0.15, 0.2) is 11.6 Å². The van der Waals surface area contributed by atoms with Gasteiger partial charge in [0.1, 0.15) is 28.9 Å². The summed E-state index contributed by atoms with van der Waals surface area (Å²) >= 11 is 0.760. The second-order valence-electron chi connectivity index (χ2n) is 11.3. The Morgan fingerprint density at radius 3 is 1.60 bits per heavy atom. The van der Waals surface area contributed by atoms with Gasteiger partial charge in [-0.2, -0.15) is 14.3 Å². The summed E-state index contributed by atoms with van der Waals surface area (Å²) in [7, 11) is 0. The zero-order valence-corrected chi connectivity index (χ0v) is 30.0. The number of rotatable bonds is 8. The van der Waals surface area contributed by atoms with Gasteiger partial charge in [0, 0.05) is 43.3 Å². The van der Waals surface area contributed by atoms with Gasteiger partial charge in [-0.3, -0.25) is 9.59 Å². The van der Waals surface area contributed by atoms with Gasteiger partial charge >= 0.3 is 0 Å². The maximum atomic E-state index is 13.0. The van der Waals surface area contributed by atoms with E-state index in [1.54, 1.807) is 80.6 Å². The van der Waals surface area contributed by atoms with Gasteiger partial charge in [-0.25, -0.2) is 10.2 Å². The fourth-order valence-corrected chi connectivity index (χ4v) is 6.11. The molecule has 1 aromatic heterocycles. The van der Waals surface area contributed by atoms with Crippen LogP contribution < -0.4 is 5.32 Å². The Morgan fingerprint density at radius 1 is 0.604 bits per heavy atom. The van der Waals surface area contributed by atoms with Crippen molar-refractivity contribution in [3.63, 3.8) is 0 Å². The maximum Gasteiger partial charge on any atom is 0.230 e. The molecule has 0 amide bonds. The third kappa shape index (κ3) is 8.59. The first-order valence-corrected chi connectivity index (χ1v) is 17.3. The summed E-state index contributed by atoms with van der Waals surface area (Å²) in [5.41, 5.74) is 2.02. The molecule has 0 spiro atoms. The van der Waals surface area contributed by atoms with E-state index in [0.717, 1.165) is 17.4 Å². The van der Waals surface area contributed by atoms with Crippen molar-refractivity contribution >= 4 is 56.8 Å². The zero-order valence-electron chi connectivity index (χ0n) is 29.2. The molecular weight excluding hydrogens is 693 g/mol. The molecular formula is C41H36N4O7S. The van der Waals surface area contributed by atoms with Crippen molar-refractivity contribution in [2.24, 2.45) is 0 Å². The molecule has 0 bridgehead atoms. The van der Waals surface area contributed by atoms with Gasteiger partial charge in [-0.05, 0) is 61.7 Å². The molecule has 7 rings (SSSR count). The molecule has 0 radical (unpaired) electrons. The van der Waals surface area contributed by atoms with Gasteiger partial charge in [-0.1, -0.05) is 86.6 Å². The molecule has 12 heteroatoms. The van der Waals surface area contributed by atoms with E-state index < -0.39 is 0 Å². The normalized spacial score (nSPS) is 10.5. The fraction of sp³-hybridized carbons (Fsp3) is 0.0976. The predicted molar refractivity (Wildman–Crippen MR) is 206 cm³/mol. The number of nitrogens with zero attached hydrogens (tertiary/aromatic N) is 3. The van der Waals surface area contributed by atoms with E-state index in [4.69, 9.17) is 5.26 Å². The van der Waals surface area contributed by atoms with Crippen LogP contribution in [0.15, 0.2) is 120 Å². The lowest BCUT2D eigenvalue weighted by molar-refractivity contribution is -0.116. The number of nitrogens with one attached hydrogen (secondary N) is 1. The molecule has 0 atom stereocenters. The van der Waals surface area contributed by atoms with Crippen molar-refractivity contribution in [2.45, 2.75) is 32.6 Å². The highest BCUT2D eigenvalue weighted by molar-refractivity contribution is 7.94. The molecule has 11 nitrogen and oxygen atoms in total. The van der Waals surface area contributed by atoms with E-state index in [1.807, 2.05) is 32.0 Å². The Hall–Kier alpha value is -6.34. The molecule has 7 aromatic rings. The predicted octanol–water partition coefficient (Wildman–Crippen LogP) is 9.33. The Labute approximate surface area is 309 Å². The van der Waals surface area contributed by atoms with Gasteiger partial charge in [0.25, 0.3) is 0 Å². The minimum absolute atomic E-state index is 0.0626. The Bertz CT molecular complexity index is 2290. The topological polar surface area (TPSA) is 175 Å². The van der Waals surface area contributed by atoms with Gasteiger partial charge in [0.2, 0.25) is 5.95 Å². The molecule has 53 heavy (non-hydrogen) atoms. The van der Waals surface area contributed by atoms with Crippen LogP contribution >= 0.6 is 12.0 Å². The standard InChI is InChI=1S/C24H16O4.C15H14N4O3S.C2H6/c25-19-14-12-18(24(28)16-9-5-2-6-10-16)22-20(26)13-11-17(21(19)22)23(27)15-7-3-1-4-8-15;1-8-16-9(2)18-15(17-8)19-12-5-3-4-10-6-11(23-22-21)7-13(20)14(10)12;1-2/h1-14,25-26H;3-7,20-21H,1-2H3,(H,16,17,18,19);1-2H3. The van der Waals surface area contributed by atoms with Crippen LogP contribution in [0.25, 0.3) is 21.5 Å². The average molecular weight is 729 g/mol. The largest absolute Gasteiger partial charge is 0.507 e. The van der Waals surface area contributed by atoms with Crippen LogP contribution in [0.4, 0.5) is 11.6 Å². The third-order valence-electron chi connectivity index (χ3n) is 7.85. The Balaban J connectivity index is 0.000000199. The molecule has 0 unspecified atom stereocenters. The van der Waals surface area contributed by atoms with Crippen LogP contribution in [0.2, 0.25) is 0 Å². The monoisotopic (exact) mass is 728 g/mol. The average Bonchev–Trinajstić information content (AvgIpc) is 3.16. The lowest BCUT2D eigenvalue weighted by atomic mass is 9.91. The van der Waals surface area contributed by atoms with Crippen molar-refractivity contribution in [3.8, 4) is 17.2 Å². The van der Waals surface area contributed by atoms with E-state index in [9.17, 15) is 24.9 Å². The van der Waals surface area contributed by atoms with Crippen molar-refractivity contribution in [3.05, 3.63) is 149 Å². The van der Waals surface area contributed by atoms with Crippen LogP contribution in [0.1, 0.15) is 57.3 Å². The number of benzene rings is 6. The quantitative estimate of drug-likeness (QED) is 0.0435. The summed E-state index contributed by atoms with van der Waals surface area (Å²) in [6.45, 7) is 7.58. The number of ketones is 2. The minimum Gasteiger partial charge on any atom is -0.507 e. The molecule has 0 aliphatic heterocycles. The first kappa shape index (κ1) is 37.9. The van der Waals surface area contributed by atoms with Crippen molar-refractivity contribution in [1.29, 1.82) is 0 Å². The number of aryl methyl sites for hydroxylation is 2. The number of anilines is 2. The van der Waals surface area contributed by atoms with Crippen molar-refractivity contribution < 1.29 is 34.5 Å². The lowest BCUT2D eigenvalue weighted by Gasteiger charge is -2.13. The highest BCUT2D eigenvalue weighted by Crippen LogP contribution is 2.39. The Kier molecular flexibility index (Phi) is 12.3. The summed E-state index contributed by atoms with van der Waals surface area (Å²) in [6, 6.07) is 31.8. The van der Waals surface area contributed by atoms with Crippen LogP contribution in [0, 0.1) is 13.8 Å². The minimum atomic E-state index is -0.301. The van der Waals surface area contributed by atoms with Gasteiger partial charge in [0.05, 0.1) is 17.7 Å². The fourth-order valence-electron chi connectivity index (χ4n) is 5.69. The summed E-state index contributed by atoms with van der Waals surface area (Å²) in [6.07, 6.45) is 0. The highest BCUT2D eigenvalue weighted by Gasteiger charge is 2.22. The number of hydrogen-bond donors (Lipinski definition) is 5. The number of fused-ring (bicyclic) bond motifs is 2. The molecule has 0 saturated carbocycles. The highest BCUT2D eigenvalue weighted by atomic mass is 32.2. The number of hydrogen-bond acceptors (Lipinski definition) is 12. The summed E-state index contributed by atoms with van der Waals surface area (Å²) < 4.78 is 4.05. The van der Waals surface area contributed by atoms with E-state index in [2.05, 4.69) is 24.6 Å². The van der Waals surface area contributed by atoms with Crippen LogP contribution in [-0.4, -0.2) is 47.1 Å². The molecule has 5 N–H and O–H groups in total. The molecule has 1 heterocycles. The third-order valence-corrected chi connectivity index (χ3v) is 8.35. The SMILES string of the molecule is CC.Cc1nc(C)nc(Nc2cccc3cc(SOO)cc(O)c23)n1.O=C(c1ccccc1)c1ccc(O)c2c(C(=O)c3ccccc3)ccc(O)c12. The van der Waals surface area contributed by atoms with E-state index >= 15 is 0 Å². The molecule has 0 saturated heterocycles. The van der Waals surface area contributed by atoms with E-state index in [0.29, 0.717) is 44.7 Å². The summed E-state index contributed by atoms with van der Waals surface area (Å²) in [4.78, 5) is 39.2. The van der Waals surface area contributed by atoms with Crippen LogP contribution in [0.3, 0.4) is 0 Å². The molecule has 6 aromatic carbocycles. The zero-order chi connectivity index (χ0) is 38.1. The number of aromatic hydroxyl groups is 3. The second kappa shape index (κ2) is 17.2. The molecule has 0 aliphatic rings. The first-order valence-electron chi connectivity index (χ1n) is 16.5. The molecule has 0 fully saturated rings. The van der Waals surface area contributed by atoms with Crippen molar-refractivity contribution in [2.75, 3.05) is 5.32 Å². The first-order chi connectivity index (χ1) is 25.6. The number of aromatic nitrogens is 3. The number of phenols is 3. The summed E-state index contributed by atoms with van der Waals surface area (Å²) in [5.74, 6) is 0.762. The molecule has 0 aliphatic carbocycles. The lowest BCUT2D eigenvalue weighted by Crippen LogP contribution is -2.06. The number of carbonyl (C=O) groups excluding carboxylic acids is 2. The molecule has 268 valence electrons. The van der Waals surface area contributed by atoms with E-state index in [1.165, 1.54) is 30.3 Å². The number of carbonyl (C=O) groups is 2. The Morgan fingerprint density at radius 2 is 1.11 bits per heavy atom. The second-order valence-corrected chi connectivity index (χ2v) is 12.1. The maximum absolute atomic E-state index is 13.0. The van der Waals surface area contributed by atoms with Gasteiger partial charge < -0.3 is 20.6 Å². The van der Waals surface area contributed by atoms with E-state index in [-0.39, 0.29) is 50.7 Å². The van der Waals surface area contributed by atoms with Crippen molar-refractivity contribution in [1.82, 2.24) is 15.0 Å². The van der Waals surface area contributed by atoms with Gasteiger partial charge in [-0.15, -0.1) is 0 Å². The summed E-state index contributed by atoms with van der Waals surface area (Å²) in [5, 5.41) is 44.6. The van der Waals surface area contributed by atoms with Crippen LogP contribution in [-0.2, 0) is 4.33 Å². The smallest absolute Gasteiger partial charge is 0.230 e. The number of phenolic OH excluding ortho intramolecular Hbond substituents is 3. The van der Waals surface area contributed by atoms with Crippen LogP contribution in [0.5, 0.6) is 17.2 Å².